The molecular weight excluding hydrogens is 150 g/mol. The van der Waals surface area contributed by atoms with Gasteiger partial charge in [0.25, 0.3) is 0 Å². The van der Waals surface area contributed by atoms with E-state index in [0.717, 1.165) is 0 Å². The quantitative estimate of drug-likeness (QED) is 0.267. The zero-order chi connectivity index (χ0) is 4.50. The summed E-state index contributed by atoms with van der Waals surface area (Å²) >= 11 is 0. The third-order valence-corrected chi connectivity index (χ3v) is 0. The second kappa shape index (κ2) is 8.95. The van der Waals surface area contributed by atoms with Crippen LogP contribution in [-0.4, -0.2) is 87.5 Å². The van der Waals surface area contributed by atoms with Gasteiger partial charge in [-0.1, -0.05) is 0 Å². The van der Waals surface area contributed by atoms with E-state index < -0.39 is 9.05 Å². The average molecular weight is 160 g/mol. The van der Waals surface area contributed by atoms with E-state index in [0.29, 0.717) is 0 Å². The minimum Gasteiger partial charge on any atom is 0.316 e. The van der Waals surface area contributed by atoms with Crippen molar-refractivity contribution < 1.29 is 19.2 Å². The van der Waals surface area contributed by atoms with E-state index >= 15 is 0 Å². The summed E-state index contributed by atoms with van der Waals surface area (Å²) in [6, 6.07) is 0. The fourth-order valence-corrected chi connectivity index (χ4v) is 0. The van der Waals surface area contributed by atoms with Gasteiger partial charge in [0.1, 0.15) is 0 Å². The molecule has 0 unspecified atom stereocenters. The molecule has 0 aromatic heterocycles. The van der Waals surface area contributed by atoms with Crippen LogP contribution in [0.4, 0.5) is 0 Å². The van der Waals surface area contributed by atoms with Crippen LogP contribution in [0, 0.1) is 0 Å². The Morgan fingerprint density at radius 1 is 0.875 bits per heavy atom. The monoisotopic (exact) mass is 160 g/mol. The summed E-state index contributed by atoms with van der Waals surface area (Å²) in [5.74, 6) is 0. The normalized spacial score (nSPS) is 7.50. The van der Waals surface area contributed by atoms with Crippen LogP contribution in [0.15, 0.2) is 0 Å². The van der Waals surface area contributed by atoms with Crippen molar-refractivity contribution in [2.24, 2.45) is 0 Å². The molecule has 0 heterocycles. The van der Waals surface area contributed by atoms with E-state index in [-0.39, 0.29) is 59.3 Å². The smallest absolute Gasteiger partial charge is 0.316 e. The summed E-state index contributed by atoms with van der Waals surface area (Å²) in [6.07, 6.45) is 0. The Balaban J connectivity index is -0.0000000267. The van der Waals surface area contributed by atoms with E-state index in [1.807, 2.05) is 0 Å². The van der Waals surface area contributed by atoms with E-state index in [1.54, 1.807) is 0 Å². The van der Waals surface area contributed by atoms with E-state index in [4.69, 9.17) is 19.2 Å². The minimum absolute atomic E-state index is 0. The largest absolute Gasteiger partial charge is 0.316 e. The van der Waals surface area contributed by atoms with Crippen LogP contribution >= 0.6 is 0 Å². The van der Waals surface area contributed by atoms with Crippen LogP contribution < -0.4 is 0 Å². The molecule has 0 spiro atoms. The maximum atomic E-state index is 7.33. The van der Waals surface area contributed by atoms with E-state index in [2.05, 4.69) is 0 Å². The molecule has 0 radical (unpaired) electrons. The summed E-state index contributed by atoms with van der Waals surface area (Å²) < 4.78 is 0. The maximum Gasteiger partial charge on any atom is 0.316 e. The molecule has 0 saturated carbocycles. The second-order valence-electron chi connectivity index (χ2n) is 0.600. The predicted octanol–water partition coefficient (Wildman–Crippen LogP) is -5.36. The van der Waals surface area contributed by atoms with Gasteiger partial charge in [-0.15, -0.1) is 0 Å². The van der Waals surface area contributed by atoms with Gasteiger partial charge in [0, 0.05) is 0 Å². The maximum absolute atomic E-state index is 7.33. The molecule has 8 heteroatoms. The van der Waals surface area contributed by atoms with Gasteiger partial charge in [-0.25, -0.2) is 0 Å². The zero-order valence-corrected chi connectivity index (χ0v) is 3.29. The summed E-state index contributed by atoms with van der Waals surface area (Å²) in [5, 5.41) is 0. The average Bonchev–Trinajstić information content (AvgIpc) is 0.722. The Morgan fingerprint density at radius 3 is 0.875 bits per heavy atom. The Morgan fingerprint density at radius 2 is 0.875 bits per heavy atom. The van der Waals surface area contributed by atoms with Gasteiger partial charge in [-0.05, 0) is 0 Å². The number of hydrogen-bond donors (Lipinski definition) is 4. The Bertz CT molecular complexity index is 31.5. The Hall–Kier alpha value is 1.95. The van der Waals surface area contributed by atoms with Crippen molar-refractivity contribution in [3.05, 3.63) is 0 Å². The van der Waals surface area contributed by atoms with Crippen molar-refractivity contribution in [1.82, 2.24) is 0 Å². The SMILES string of the molecule is O[Si](O)(O)O.[AlH3].[LiH].[MgH2]. The molecule has 0 aliphatic rings. The molecule has 0 bridgehead atoms. The molecule has 0 aromatic carbocycles. The predicted molar refractivity (Wildman–Crippen MR) is 40.3 cm³/mol. The second-order valence-corrected chi connectivity index (χ2v) is 1.80. The molecule has 0 amide bonds. The van der Waals surface area contributed by atoms with Gasteiger partial charge in [-0.2, -0.15) is 0 Å². The molecule has 4 nitrogen and oxygen atoms in total. The fourth-order valence-electron chi connectivity index (χ4n) is 0. The van der Waals surface area contributed by atoms with Crippen LogP contribution in [0.3, 0.4) is 0 Å². The third kappa shape index (κ3) is 101. The van der Waals surface area contributed by atoms with Gasteiger partial charge in [-0.3, -0.25) is 0 Å². The van der Waals surface area contributed by atoms with Crippen LogP contribution in [0.2, 0.25) is 0 Å². The van der Waals surface area contributed by atoms with Crippen molar-refractivity contribution in [2.45, 2.75) is 0 Å². The van der Waals surface area contributed by atoms with Crippen LogP contribution in [-0.2, 0) is 0 Å². The van der Waals surface area contributed by atoms with Gasteiger partial charge in [0.05, 0.1) is 0 Å². The fraction of sp³-hybridized carbons (Fsp3) is 0. The molecule has 0 aliphatic heterocycles. The number of rotatable bonds is 0. The van der Waals surface area contributed by atoms with Crippen molar-refractivity contribution >= 4 is 68.3 Å². The van der Waals surface area contributed by atoms with Crippen LogP contribution in [0.25, 0.3) is 0 Å². The van der Waals surface area contributed by atoms with Crippen LogP contribution in [0.5, 0.6) is 0 Å². The first-order valence-corrected chi connectivity index (χ1v) is 2.68. The van der Waals surface area contributed by atoms with Crippen molar-refractivity contribution in [3.63, 3.8) is 0 Å². The van der Waals surface area contributed by atoms with Gasteiger partial charge >= 0.3 is 51.0 Å². The molecule has 0 saturated heterocycles. The Kier molecular flexibility index (Phi) is 25.2. The van der Waals surface area contributed by atoms with E-state index in [1.165, 1.54) is 0 Å². The summed E-state index contributed by atoms with van der Waals surface area (Å²) in [4.78, 5) is 29.3. The standard InChI is InChI=1S/Al.Li.Mg.H4O4Si.6H/c;;;1-5(2,3)4;;;;;;/h;;;1-4H;;;;;;. The first-order valence-electron chi connectivity index (χ1n) is 0.894. The molecular formula is H10AlLiMgO4Si. The summed E-state index contributed by atoms with van der Waals surface area (Å²) in [7, 11) is -4.61. The molecule has 0 fully saturated rings. The Labute approximate surface area is 86.9 Å². The molecule has 0 aromatic rings. The molecule has 44 valence electrons. The molecule has 0 rings (SSSR count). The zero-order valence-electron chi connectivity index (χ0n) is 2.29. The molecule has 8 heavy (non-hydrogen) atoms. The van der Waals surface area contributed by atoms with Gasteiger partial charge < -0.3 is 19.2 Å². The van der Waals surface area contributed by atoms with Gasteiger partial charge in [0.15, 0.2) is 17.4 Å². The third-order valence-electron chi connectivity index (χ3n) is 0. The molecule has 4 N–H and O–H groups in total. The first-order chi connectivity index (χ1) is 2.00. The topological polar surface area (TPSA) is 80.9 Å². The van der Waals surface area contributed by atoms with Crippen LogP contribution in [0.1, 0.15) is 0 Å². The number of hydrogen-bond acceptors (Lipinski definition) is 4. The van der Waals surface area contributed by atoms with Gasteiger partial charge in [0.2, 0.25) is 0 Å². The minimum atomic E-state index is -4.61. The summed E-state index contributed by atoms with van der Waals surface area (Å²) in [6.45, 7) is 0. The summed E-state index contributed by atoms with van der Waals surface area (Å²) in [5.41, 5.74) is 0. The van der Waals surface area contributed by atoms with Crippen molar-refractivity contribution in [3.8, 4) is 0 Å². The van der Waals surface area contributed by atoms with Crippen molar-refractivity contribution in [2.75, 3.05) is 0 Å². The molecule has 0 atom stereocenters. The first kappa shape index (κ1) is 22.5. The molecule has 0 aliphatic carbocycles. The van der Waals surface area contributed by atoms with E-state index in [9.17, 15) is 0 Å². The van der Waals surface area contributed by atoms with Crippen molar-refractivity contribution in [1.29, 1.82) is 0 Å².